The fourth-order valence-electron chi connectivity index (χ4n) is 3.56. The second-order valence-electron chi connectivity index (χ2n) is 6.56. The zero-order valence-electron chi connectivity index (χ0n) is 11.8. The molecule has 5 unspecified atom stereocenters. The Morgan fingerprint density at radius 3 is 2.56 bits per heavy atom. The SMILES string of the molecule is CC1CC(C(=O)NCC2CCCC2C)CCC1N. The van der Waals surface area contributed by atoms with Gasteiger partial charge in [-0.15, -0.1) is 0 Å². The molecular formula is C15H28N2O. The molecule has 0 heterocycles. The molecule has 0 spiro atoms. The van der Waals surface area contributed by atoms with Crippen LogP contribution in [0.25, 0.3) is 0 Å². The Bertz CT molecular complexity index is 292. The lowest BCUT2D eigenvalue weighted by Crippen LogP contribution is -2.41. The van der Waals surface area contributed by atoms with Crippen molar-refractivity contribution in [2.24, 2.45) is 29.4 Å². The molecule has 2 aliphatic rings. The molecule has 0 saturated heterocycles. The van der Waals surface area contributed by atoms with Crippen molar-refractivity contribution in [1.29, 1.82) is 0 Å². The van der Waals surface area contributed by atoms with Crippen molar-refractivity contribution in [3.05, 3.63) is 0 Å². The minimum Gasteiger partial charge on any atom is -0.356 e. The zero-order chi connectivity index (χ0) is 13.1. The Balaban J connectivity index is 1.74. The Hall–Kier alpha value is -0.570. The Kier molecular flexibility index (Phi) is 4.66. The highest BCUT2D eigenvalue weighted by atomic mass is 16.1. The van der Waals surface area contributed by atoms with Crippen molar-refractivity contribution in [2.45, 2.75) is 58.4 Å². The highest BCUT2D eigenvalue weighted by Crippen LogP contribution is 2.31. The van der Waals surface area contributed by atoms with Crippen LogP contribution in [0.3, 0.4) is 0 Å². The number of nitrogens with two attached hydrogens (primary N) is 1. The number of nitrogens with one attached hydrogen (secondary N) is 1. The van der Waals surface area contributed by atoms with E-state index in [1.54, 1.807) is 0 Å². The van der Waals surface area contributed by atoms with Crippen LogP contribution in [0.2, 0.25) is 0 Å². The average molecular weight is 252 g/mol. The van der Waals surface area contributed by atoms with Crippen LogP contribution in [-0.4, -0.2) is 18.5 Å². The van der Waals surface area contributed by atoms with E-state index in [2.05, 4.69) is 19.2 Å². The first-order chi connectivity index (χ1) is 8.58. The summed E-state index contributed by atoms with van der Waals surface area (Å²) in [6, 6.07) is 0.295. The molecule has 3 heteroatoms. The first-order valence-electron chi connectivity index (χ1n) is 7.61. The third kappa shape index (κ3) is 3.25. The molecule has 0 bridgehead atoms. The number of rotatable bonds is 3. The predicted molar refractivity (Wildman–Crippen MR) is 74.0 cm³/mol. The van der Waals surface area contributed by atoms with Gasteiger partial charge in [-0.1, -0.05) is 26.7 Å². The van der Waals surface area contributed by atoms with Gasteiger partial charge in [0, 0.05) is 18.5 Å². The van der Waals surface area contributed by atoms with Gasteiger partial charge in [-0.3, -0.25) is 4.79 Å². The number of hydrogen-bond acceptors (Lipinski definition) is 2. The smallest absolute Gasteiger partial charge is 0.223 e. The first kappa shape index (κ1) is 13.9. The summed E-state index contributed by atoms with van der Waals surface area (Å²) in [5.41, 5.74) is 6.00. The third-order valence-corrected chi connectivity index (χ3v) is 5.18. The molecule has 104 valence electrons. The number of hydrogen-bond donors (Lipinski definition) is 2. The quantitative estimate of drug-likeness (QED) is 0.810. The second kappa shape index (κ2) is 6.05. The van der Waals surface area contributed by atoms with E-state index >= 15 is 0 Å². The monoisotopic (exact) mass is 252 g/mol. The summed E-state index contributed by atoms with van der Waals surface area (Å²) in [7, 11) is 0. The molecular weight excluding hydrogens is 224 g/mol. The lowest BCUT2D eigenvalue weighted by Gasteiger charge is -2.31. The van der Waals surface area contributed by atoms with Gasteiger partial charge in [-0.05, 0) is 43.4 Å². The maximum atomic E-state index is 12.2. The molecule has 0 aliphatic heterocycles. The second-order valence-corrected chi connectivity index (χ2v) is 6.56. The summed E-state index contributed by atoms with van der Waals surface area (Å²) in [5.74, 6) is 2.45. The molecule has 3 nitrogen and oxygen atoms in total. The molecule has 0 aromatic heterocycles. The molecule has 1 amide bonds. The fraction of sp³-hybridized carbons (Fsp3) is 0.933. The van der Waals surface area contributed by atoms with Crippen LogP contribution >= 0.6 is 0 Å². The maximum Gasteiger partial charge on any atom is 0.223 e. The van der Waals surface area contributed by atoms with Gasteiger partial charge in [0.1, 0.15) is 0 Å². The summed E-state index contributed by atoms with van der Waals surface area (Å²) in [4.78, 5) is 12.2. The van der Waals surface area contributed by atoms with E-state index in [9.17, 15) is 4.79 Å². The zero-order valence-corrected chi connectivity index (χ0v) is 11.8. The van der Waals surface area contributed by atoms with Crippen molar-refractivity contribution in [1.82, 2.24) is 5.32 Å². The molecule has 2 saturated carbocycles. The van der Waals surface area contributed by atoms with Gasteiger partial charge >= 0.3 is 0 Å². The number of amides is 1. The molecule has 2 fully saturated rings. The highest BCUT2D eigenvalue weighted by molar-refractivity contribution is 5.78. The lowest BCUT2D eigenvalue weighted by atomic mass is 9.79. The molecule has 18 heavy (non-hydrogen) atoms. The van der Waals surface area contributed by atoms with Gasteiger partial charge in [-0.2, -0.15) is 0 Å². The van der Waals surface area contributed by atoms with E-state index in [1.807, 2.05) is 0 Å². The molecule has 5 atom stereocenters. The largest absolute Gasteiger partial charge is 0.356 e. The predicted octanol–water partition coefficient (Wildman–Crippen LogP) is 2.30. The minimum atomic E-state index is 0.205. The molecule has 3 N–H and O–H groups in total. The van der Waals surface area contributed by atoms with Crippen molar-refractivity contribution < 1.29 is 4.79 Å². The fourth-order valence-corrected chi connectivity index (χ4v) is 3.56. The van der Waals surface area contributed by atoms with E-state index in [0.29, 0.717) is 17.9 Å². The van der Waals surface area contributed by atoms with Gasteiger partial charge in [-0.25, -0.2) is 0 Å². The van der Waals surface area contributed by atoms with E-state index in [-0.39, 0.29) is 11.8 Å². The summed E-state index contributed by atoms with van der Waals surface area (Å²) in [6.07, 6.45) is 6.88. The number of carbonyl (C=O) groups is 1. The molecule has 2 rings (SSSR count). The summed E-state index contributed by atoms with van der Waals surface area (Å²) >= 11 is 0. The van der Waals surface area contributed by atoms with E-state index < -0.39 is 0 Å². The van der Waals surface area contributed by atoms with Crippen molar-refractivity contribution in [2.75, 3.05) is 6.54 Å². The Morgan fingerprint density at radius 2 is 1.94 bits per heavy atom. The van der Waals surface area contributed by atoms with Crippen molar-refractivity contribution in [3.63, 3.8) is 0 Å². The highest BCUT2D eigenvalue weighted by Gasteiger charge is 2.30. The topological polar surface area (TPSA) is 55.1 Å². The van der Waals surface area contributed by atoms with Crippen LogP contribution < -0.4 is 11.1 Å². The van der Waals surface area contributed by atoms with E-state index in [1.165, 1.54) is 19.3 Å². The summed E-state index contributed by atoms with van der Waals surface area (Å²) in [6.45, 7) is 5.37. The van der Waals surface area contributed by atoms with Crippen LogP contribution in [0.4, 0.5) is 0 Å². The first-order valence-corrected chi connectivity index (χ1v) is 7.61. The van der Waals surface area contributed by atoms with Gasteiger partial charge in [0.05, 0.1) is 0 Å². The van der Waals surface area contributed by atoms with Gasteiger partial charge in [0.25, 0.3) is 0 Å². The maximum absolute atomic E-state index is 12.2. The van der Waals surface area contributed by atoms with Crippen LogP contribution in [0.5, 0.6) is 0 Å². The number of carbonyl (C=O) groups excluding carboxylic acids is 1. The van der Waals surface area contributed by atoms with Gasteiger partial charge in [0.2, 0.25) is 5.91 Å². The summed E-state index contributed by atoms with van der Waals surface area (Å²) in [5, 5.41) is 3.18. The molecule has 2 aliphatic carbocycles. The van der Waals surface area contributed by atoms with Crippen molar-refractivity contribution in [3.8, 4) is 0 Å². The standard InChI is InChI=1S/C15H28N2O/c1-10-4-3-5-13(10)9-17-15(18)12-6-7-14(16)11(2)8-12/h10-14H,3-9,16H2,1-2H3,(H,17,18). The third-order valence-electron chi connectivity index (χ3n) is 5.18. The lowest BCUT2D eigenvalue weighted by molar-refractivity contribution is -0.126. The molecule has 0 radical (unpaired) electrons. The Labute approximate surface area is 111 Å². The van der Waals surface area contributed by atoms with Crippen LogP contribution in [0, 0.1) is 23.7 Å². The normalized spacial score (nSPS) is 40.7. The van der Waals surface area contributed by atoms with Crippen LogP contribution in [0.1, 0.15) is 52.4 Å². The van der Waals surface area contributed by atoms with Gasteiger partial charge < -0.3 is 11.1 Å². The van der Waals surface area contributed by atoms with Gasteiger partial charge in [0.15, 0.2) is 0 Å². The van der Waals surface area contributed by atoms with Crippen molar-refractivity contribution >= 4 is 5.91 Å². The van der Waals surface area contributed by atoms with Crippen LogP contribution in [0.15, 0.2) is 0 Å². The van der Waals surface area contributed by atoms with Crippen LogP contribution in [-0.2, 0) is 4.79 Å². The Morgan fingerprint density at radius 1 is 1.17 bits per heavy atom. The summed E-state index contributed by atoms with van der Waals surface area (Å²) < 4.78 is 0. The average Bonchev–Trinajstić information content (AvgIpc) is 2.75. The van der Waals surface area contributed by atoms with E-state index in [0.717, 1.165) is 31.7 Å². The molecule has 0 aromatic carbocycles. The van der Waals surface area contributed by atoms with E-state index in [4.69, 9.17) is 5.73 Å². The molecule has 0 aromatic rings. The minimum absolute atomic E-state index is 0.205.